The van der Waals surface area contributed by atoms with Gasteiger partial charge in [-0.05, 0) is 30.7 Å². The highest BCUT2D eigenvalue weighted by Crippen LogP contribution is 2.19. The van der Waals surface area contributed by atoms with Crippen LogP contribution in [0.15, 0.2) is 42.7 Å². The Kier molecular flexibility index (Phi) is 4.55. The Morgan fingerprint density at radius 3 is 2.90 bits per heavy atom. The van der Waals surface area contributed by atoms with E-state index in [4.69, 9.17) is 10.5 Å². The molecule has 0 aliphatic carbocycles. The summed E-state index contributed by atoms with van der Waals surface area (Å²) in [4.78, 5) is 15.8. The summed E-state index contributed by atoms with van der Waals surface area (Å²) in [6.45, 7) is 2.17. The van der Waals surface area contributed by atoms with Gasteiger partial charge in [0, 0.05) is 18.1 Å². The number of anilines is 2. The van der Waals surface area contributed by atoms with Gasteiger partial charge in [0.2, 0.25) is 5.91 Å². The third-order valence-corrected chi connectivity index (χ3v) is 2.80. The van der Waals surface area contributed by atoms with Crippen LogP contribution in [0.3, 0.4) is 0 Å². The van der Waals surface area contributed by atoms with Gasteiger partial charge >= 0.3 is 0 Å². The number of nitrogen functional groups attached to an aromatic ring is 1. The zero-order valence-corrected chi connectivity index (χ0v) is 11.3. The van der Waals surface area contributed by atoms with E-state index in [1.165, 1.54) is 0 Å². The number of nitrogens with zero attached hydrogens (tertiary/aromatic N) is 1. The predicted octanol–water partition coefficient (Wildman–Crippen LogP) is 2.38. The van der Waals surface area contributed by atoms with Gasteiger partial charge < -0.3 is 15.8 Å². The number of nitrogens with two attached hydrogens (primary N) is 1. The maximum atomic E-state index is 11.8. The Morgan fingerprint density at radius 2 is 2.15 bits per heavy atom. The molecule has 1 heterocycles. The third-order valence-electron chi connectivity index (χ3n) is 2.80. The molecule has 0 saturated carbocycles. The monoisotopic (exact) mass is 271 g/mol. The van der Waals surface area contributed by atoms with Crippen molar-refractivity contribution >= 4 is 17.3 Å². The summed E-state index contributed by atoms with van der Waals surface area (Å²) in [6, 6.07) is 8.98. The third kappa shape index (κ3) is 3.71. The van der Waals surface area contributed by atoms with E-state index in [1.807, 2.05) is 19.1 Å². The summed E-state index contributed by atoms with van der Waals surface area (Å²) in [5.74, 6) is 0.495. The van der Waals surface area contributed by atoms with Crippen LogP contribution in [0.4, 0.5) is 11.4 Å². The van der Waals surface area contributed by atoms with Gasteiger partial charge in [0.25, 0.3) is 0 Å². The van der Waals surface area contributed by atoms with E-state index >= 15 is 0 Å². The number of pyridine rings is 1. The zero-order valence-electron chi connectivity index (χ0n) is 11.3. The number of nitrogens with one attached hydrogen (secondary N) is 1. The molecule has 104 valence electrons. The molecule has 2 rings (SSSR count). The topological polar surface area (TPSA) is 77.2 Å². The van der Waals surface area contributed by atoms with E-state index in [0.717, 1.165) is 11.3 Å². The lowest BCUT2D eigenvalue weighted by molar-refractivity contribution is -0.116. The van der Waals surface area contributed by atoms with Gasteiger partial charge in [0.1, 0.15) is 5.75 Å². The van der Waals surface area contributed by atoms with Crippen LogP contribution in [-0.4, -0.2) is 17.5 Å². The van der Waals surface area contributed by atoms with Crippen molar-refractivity contribution in [1.29, 1.82) is 0 Å². The SMILES string of the molecule is Cc1cnccc1NC(=O)CCOc1ccccc1N. The predicted molar refractivity (Wildman–Crippen MR) is 78.6 cm³/mol. The fraction of sp³-hybridized carbons (Fsp3) is 0.200. The smallest absolute Gasteiger partial charge is 0.227 e. The highest BCUT2D eigenvalue weighted by atomic mass is 16.5. The summed E-state index contributed by atoms with van der Waals surface area (Å²) in [5.41, 5.74) is 8.01. The highest BCUT2D eigenvalue weighted by Gasteiger charge is 2.05. The molecule has 0 fully saturated rings. The Morgan fingerprint density at radius 1 is 1.35 bits per heavy atom. The molecule has 2 aromatic rings. The van der Waals surface area contributed by atoms with Crippen LogP contribution in [0.2, 0.25) is 0 Å². The van der Waals surface area contributed by atoms with Gasteiger partial charge in [0.05, 0.1) is 18.7 Å². The molecule has 0 radical (unpaired) electrons. The minimum absolute atomic E-state index is 0.103. The van der Waals surface area contributed by atoms with Gasteiger partial charge in [0.15, 0.2) is 0 Å². The zero-order chi connectivity index (χ0) is 14.4. The minimum atomic E-state index is -0.103. The second kappa shape index (κ2) is 6.56. The molecular formula is C15H17N3O2. The molecular weight excluding hydrogens is 254 g/mol. The number of hydrogen-bond acceptors (Lipinski definition) is 4. The maximum Gasteiger partial charge on any atom is 0.227 e. The number of para-hydroxylation sites is 2. The second-order valence-corrected chi connectivity index (χ2v) is 4.38. The Labute approximate surface area is 117 Å². The lowest BCUT2D eigenvalue weighted by atomic mass is 10.2. The maximum absolute atomic E-state index is 11.8. The quantitative estimate of drug-likeness (QED) is 0.818. The van der Waals surface area contributed by atoms with Crippen LogP contribution < -0.4 is 15.8 Å². The fourth-order valence-corrected chi connectivity index (χ4v) is 1.69. The number of rotatable bonds is 5. The molecule has 0 aliphatic heterocycles. The first-order chi connectivity index (χ1) is 9.66. The van der Waals surface area contributed by atoms with E-state index < -0.39 is 0 Å². The van der Waals surface area contributed by atoms with Crippen molar-refractivity contribution in [3.8, 4) is 5.75 Å². The number of aryl methyl sites for hydroxylation is 1. The summed E-state index contributed by atoms with van der Waals surface area (Å²) < 4.78 is 5.48. The van der Waals surface area contributed by atoms with E-state index in [9.17, 15) is 4.79 Å². The van der Waals surface area contributed by atoms with Crippen LogP contribution in [0.5, 0.6) is 5.75 Å². The normalized spacial score (nSPS) is 10.1. The highest BCUT2D eigenvalue weighted by molar-refractivity contribution is 5.91. The summed E-state index contributed by atoms with van der Waals surface area (Å²) in [6.07, 6.45) is 3.61. The van der Waals surface area contributed by atoms with Gasteiger partial charge in [-0.15, -0.1) is 0 Å². The summed E-state index contributed by atoms with van der Waals surface area (Å²) in [5, 5.41) is 2.82. The number of aromatic nitrogens is 1. The van der Waals surface area contributed by atoms with E-state index in [1.54, 1.807) is 30.6 Å². The molecule has 0 spiro atoms. The Hall–Kier alpha value is -2.56. The largest absolute Gasteiger partial charge is 0.491 e. The molecule has 3 N–H and O–H groups in total. The summed E-state index contributed by atoms with van der Waals surface area (Å²) >= 11 is 0. The number of amides is 1. The van der Waals surface area contributed by atoms with Crippen LogP contribution in [-0.2, 0) is 4.79 Å². The van der Waals surface area contributed by atoms with Crippen molar-refractivity contribution in [3.05, 3.63) is 48.3 Å². The fourth-order valence-electron chi connectivity index (χ4n) is 1.69. The van der Waals surface area contributed by atoms with Crippen molar-refractivity contribution < 1.29 is 9.53 Å². The van der Waals surface area contributed by atoms with Crippen molar-refractivity contribution in [2.75, 3.05) is 17.7 Å². The van der Waals surface area contributed by atoms with Crippen molar-refractivity contribution in [1.82, 2.24) is 4.98 Å². The van der Waals surface area contributed by atoms with Gasteiger partial charge in [-0.2, -0.15) is 0 Å². The molecule has 0 atom stereocenters. The molecule has 5 heteroatoms. The lowest BCUT2D eigenvalue weighted by Crippen LogP contribution is -2.16. The molecule has 0 unspecified atom stereocenters. The number of benzene rings is 1. The van der Waals surface area contributed by atoms with Gasteiger partial charge in [-0.1, -0.05) is 12.1 Å². The first-order valence-corrected chi connectivity index (χ1v) is 6.34. The van der Waals surface area contributed by atoms with Crippen LogP contribution >= 0.6 is 0 Å². The molecule has 1 aromatic carbocycles. The number of ether oxygens (including phenoxy) is 1. The lowest BCUT2D eigenvalue weighted by Gasteiger charge is -2.10. The van der Waals surface area contributed by atoms with Gasteiger partial charge in [-0.3, -0.25) is 9.78 Å². The first-order valence-electron chi connectivity index (χ1n) is 6.34. The minimum Gasteiger partial charge on any atom is -0.491 e. The number of hydrogen-bond donors (Lipinski definition) is 2. The van der Waals surface area contributed by atoms with Crippen molar-refractivity contribution in [2.24, 2.45) is 0 Å². The first kappa shape index (κ1) is 13.9. The Bertz CT molecular complexity index is 599. The average molecular weight is 271 g/mol. The van der Waals surface area contributed by atoms with E-state index in [2.05, 4.69) is 10.3 Å². The molecule has 5 nitrogen and oxygen atoms in total. The standard InChI is InChI=1S/C15H17N3O2/c1-11-10-17-8-6-13(11)18-15(19)7-9-20-14-5-3-2-4-12(14)16/h2-6,8,10H,7,9,16H2,1H3,(H,17,18,19). The average Bonchev–Trinajstić information content (AvgIpc) is 2.43. The van der Waals surface area contributed by atoms with Crippen LogP contribution in [0.25, 0.3) is 0 Å². The number of carbonyl (C=O) groups excluding carboxylic acids is 1. The van der Waals surface area contributed by atoms with Crippen molar-refractivity contribution in [3.63, 3.8) is 0 Å². The summed E-state index contributed by atoms with van der Waals surface area (Å²) in [7, 11) is 0. The molecule has 0 bridgehead atoms. The van der Waals surface area contributed by atoms with Gasteiger partial charge in [-0.25, -0.2) is 0 Å². The molecule has 20 heavy (non-hydrogen) atoms. The van der Waals surface area contributed by atoms with Crippen molar-refractivity contribution in [2.45, 2.75) is 13.3 Å². The van der Waals surface area contributed by atoms with E-state index in [-0.39, 0.29) is 18.9 Å². The molecule has 1 amide bonds. The van der Waals surface area contributed by atoms with Crippen LogP contribution in [0, 0.1) is 6.92 Å². The second-order valence-electron chi connectivity index (χ2n) is 4.38. The number of carbonyl (C=O) groups is 1. The molecule has 0 aliphatic rings. The molecule has 0 saturated heterocycles. The molecule has 1 aromatic heterocycles. The van der Waals surface area contributed by atoms with Crippen LogP contribution in [0.1, 0.15) is 12.0 Å². The Balaban J connectivity index is 1.82. The van der Waals surface area contributed by atoms with E-state index in [0.29, 0.717) is 11.4 Å².